The minimum atomic E-state index is -0.207. The number of benzene rings is 2. The van der Waals surface area contributed by atoms with Crippen LogP contribution < -0.4 is 19.7 Å². The summed E-state index contributed by atoms with van der Waals surface area (Å²) in [5.74, 6) is 0.703. The number of halogens is 1. The Morgan fingerprint density at radius 3 is 2.37 bits per heavy atom. The number of hydrogen-bond acceptors (Lipinski definition) is 4. The van der Waals surface area contributed by atoms with Gasteiger partial charge in [0.2, 0.25) is 11.8 Å². The van der Waals surface area contributed by atoms with Crippen LogP contribution in [0.25, 0.3) is 0 Å². The highest BCUT2D eigenvalue weighted by molar-refractivity contribution is 6.31. The molecule has 0 spiro atoms. The van der Waals surface area contributed by atoms with Crippen LogP contribution in [0.3, 0.4) is 0 Å². The third-order valence-electron chi connectivity index (χ3n) is 4.08. The molecule has 27 heavy (non-hydrogen) atoms. The van der Waals surface area contributed by atoms with E-state index in [0.717, 1.165) is 5.56 Å². The molecule has 1 N–H and O–H groups in total. The molecule has 0 saturated heterocycles. The summed E-state index contributed by atoms with van der Waals surface area (Å²) < 4.78 is 10.5. The van der Waals surface area contributed by atoms with E-state index >= 15 is 0 Å². The molecule has 144 valence electrons. The molecule has 0 aliphatic heterocycles. The van der Waals surface area contributed by atoms with Gasteiger partial charge < -0.3 is 19.7 Å². The molecule has 0 fully saturated rings. The minimum Gasteiger partial charge on any atom is -0.493 e. The maximum Gasteiger partial charge on any atom is 0.226 e. The van der Waals surface area contributed by atoms with E-state index in [0.29, 0.717) is 27.9 Å². The molecule has 0 unspecified atom stereocenters. The van der Waals surface area contributed by atoms with Gasteiger partial charge in [0.1, 0.15) is 0 Å². The van der Waals surface area contributed by atoms with Crippen LogP contribution in [0, 0.1) is 6.92 Å². The Labute approximate surface area is 164 Å². The lowest BCUT2D eigenvalue weighted by Crippen LogP contribution is -2.32. The van der Waals surface area contributed by atoms with Gasteiger partial charge in [-0.3, -0.25) is 9.59 Å². The smallest absolute Gasteiger partial charge is 0.226 e. The first kappa shape index (κ1) is 20.6. The van der Waals surface area contributed by atoms with Gasteiger partial charge in [0.15, 0.2) is 11.5 Å². The predicted octanol–water partition coefficient (Wildman–Crippen LogP) is 4.05. The van der Waals surface area contributed by atoms with Crippen LogP contribution in [0.1, 0.15) is 18.9 Å². The molecule has 2 amide bonds. The van der Waals surface area contributed by atoms with Gasteiger partial charge in [-0.25, -0.2) is 0 Å². The number of amides is 2. The summed E-state index contributed by atoms with van der Waals surface area (Å²) in [5.41, 5.74) is 2.19. The van der Waals surface area contributed by atoms with Gasteiger partial charge in [-0.2, -0.15) is 0 Å². The fourth-order valence-corrected chi connectivity index (χ4v) is 2.75. The highest BCUT2D eigenvalue weighted by Gasteiger charge is 2.16. The first-order chi connectivity index (χ1) is 12.8. The van der Waals surface area contributed by atoms with Crippen molar-refractivity contribution in [2.45, 2.75) is 20.3 Å². The zero-order valence-corrected chi connectivity index (χ0v) is 16.6. The lowest BCUT2D eigenvalue weighted by molar-refractivity contribution is -0.117. The summed E-state index contributed by atoms with van der Waals surface area (Å²) in [4.78, 5) is 25.8. The average molecular weight is 391 g/mol. The third kappa shape index (κ3) is 5.37. The van der Waals surface area contributed by atoms with Crippen LogP contribution in [0.15, 0.2) is 36.4 Å². The number of hydrogen-bond donors (Lipinski definition) is 1. The second-order valence-corrected chi connectivity index (χ2v) is 6.38. The average Bonchev–Trinajstić information content (AvgIpc) is 2.64. The van der Waals surface area contributed by atoms with Gasteiger partial charge >= 0.3 is 0 Å². The topological polar surface area (TPSA) is 67.9 Å². The third-order valence-corrected chi connectivity index (χ3v) is 4.48. The van der Waals surface area contributed by atoms with Crippen LogP contribution in [-0.4, -0.2) is 32.6 Å². The number of nitrogens with zero attached hydrogens (tertiary/aromatic N) is 1. The van der Waals surface area contributed by atoms with Crippen molar-refractivity contribution in [3.05, 3.63) is 47.0 Å². The predicted molar refractivity (Wildman–Crippen MR) is 107 cm³/mol. The molecule has 0 heterocycles. The highest BCUT2D eigenvalue weighted by Crippen LogP contribution is 2.31. The molecular weight excluding hydrogens is 368 g/mol. The number of ether oxygens (including phenoxy) is 2. The van der Waals surface area contributed by atoms with Crippen molar-refractivity contribution >= 4 is 34.8 Å². The van der Waals surface area contributed by atoms with Gasteiger partial charge in [0.05, 0.1) is 14.2 Å². The lowest BCUT2D eigenvalue weighted by Gasteiger charge is -2.22. The normalized spacial score (nSPS) is 10.3. The van der Waals surface area contributed by atoms with E-state index in [1.54, 1.807) is 37.4 Å². The lowest BCUT2D eigenvalue weighted by atomic mass is 10.2. The fraction of sp³-hybridized carbons (Fsp3) is 0.300. The number of methoxy groups -OCH3 is 2. The highest BCUT2D eigenvalue weighted by atomic mass is 35.5. The van der Waals surface area contributed by atoms with Crippen molar-refractivity contribution in [2.75, 3.05) is 31.0 Å². The number of anilines is 2. The van der Waals surface area contributed by atoms with Crippen LogP contribution in [0.4, 0.5) is 11.4 Å². The molecule has 2 aromatic carbocycles. The van der Waals surface area contributed by atoms with Crippen molar-refractivity contribution in [1.29, 1.82) is 0 Å². The van der Waals surface area contributed by atoms with Crippen LogP contribution in [0.2, 0.25) is 5.02 Å². The molecule has 6 nitrogen and oxygen atoms in total. The van der Waals surface area contributed by atoms with Crippen LogP contribution >= 0.6 is 11.6 Å². The molecule has 0 bridgehead atoms. The van der Waals surface area contributed by atoms with E-state index in [9.17, 15) is 9.59 Å². The molecule has 2 rings (SSSR count). The van der Waals surface area contributed by atoms with E-state index in [4.69, 9.17) is 21.1 Å². The Hall–Kier alpha value is -2.73. The molecule has 0 aromatic heterocycles. The summed E-state index contributed by atoms with van der Waals surface area (Å²) >= 11 is 6.07. The Balaban J connectivity index is 2.07. The number of carbonyl (C=O) groups excluding carboxylic acids is 2. The number of carbonyl (C=O) groups is 2. The Bertz CT molecular complexity index is 839. The SMILES string of the molecule is COc1ccc(N(CCC(=O)Nc2ccc(C)c(Cl)c2)C(C)=O)cc1OC. The van der Waals surface area contributed by atoms with Gasteiger partial charge in [-0.15, -0.1) is 0 Å². The van der Waals surface area contributed by atoms with Crippen molar-refractivity contribution < 1.29 is 19.1 Å². The number of rotatable bonds is 7. The van der Waals surface area contributed by atoms with E-state index in [2.05, 4.69) is 5.32 Å². The number of nitrogens with one attached hydrogen (secondary N) is 1. The van der Waals surface area contributed by atoms with E-state index in [1.165, 1.54) is 18.9 Å². The van der Waals surface area contributed by atoms with E-state index in [-0.39, 0.29) is 24.8 Å². The number of aryl methyl sites for hydroxylation is 1. The van der Waals surface area contributed by atoms with Crippen LogP contribution in [0.5, 0.6) is 11.5 Å². The molecule has 0 atom stereocenters. The fourth-order valence-electron chi connectivity index (χ4n) is 2.57. The van der Waals surface area contributed by atoms with Crippen molar-refractivity contribution in [2.24, 2.45) is 0 Å². The van der Waals surface area contributed by atoms with Gasteiger partial charge in [-0.1, -0.05) is 17.7 Å². The summed E-state index contributed by atoms with van der Waals surface area (Å²) in [6.07, 6.45) is 0.138. The van der Waals surface area contributed by atoms with Crippen molar-refractivity contribution in [1.82, 2.24) is 0 Å². The van der Waals surface area contributed by atoms with E-state index in [1.807, 2.05) is 13.0 Å². The molecule has 0 radical (unpaired) electrons. The second-order valence-electron chi connectivity index (χ2n) is 5.97. The monoisotopic (exact) mass is 390 g/mol. The zero-order valence-electron chi connectivity index (χ0n) is 15.8. The van der Waals surface area contributed by atoms with Crippen LogP contribution in [-0.2, 0) is 9.59 Å². The van der Waals surface area contributed by atoms with Crippen molar-refractivity contribution in [3.63, 3.8) is 0 Å². The quantitative estimate of drug-likeness (QED) is 0.774. The first-order valence-electron chi connectivity index (χ1n) is 8.42. The Morgan fingerprint density at radius 2 is 1.78 bits per heavy atom. The van der Waals surface area contributed by atoms with E-state index < -0.39 is 0 Å². The molecule has 0 saturated carbocycles. The van der Waals surface area contributed by atoms with Gasteiger partial charge in [-0.05, 0) is 36.8 Å². The van der Waals surface area contributed by atoms with Gasteiger partial charge in [0, 0.05) is 42.4 Å². The maximum absolute atomic E-state index is 12.3. The molecular formula is C20H23ClN2O4. The summed E-state index contributed by atoms with van der Waals surface area (Å²) in [7, 11) is 3.07. The summed E-state index contributed by atoms with van der Waals surface area (Å²) in [6, 6.07) is 10.5. The Kier molecular flexibility index (Phi) is 7.07. The summed E-state index contributed by atoms with van der Waals surface area (Å²) in [6.45, 7) is 3.58. The standard InChI is InChI=1S/C20H23ClN2O4/c1-13-5-6-15(11-17(13)21)22-20(25)9-10-23(14(2)24)16-7-8-18(26-3)19(12-16)27-4/h5-8,11-12H,9-10H2,1-4H3,(H,22,25). The van der Waals surface area contributed by atoms with Crippen molar-refractivity contribution in [3.8, 4) is 11.5 Å². The second kappa shape index (κ2) is 9.28. The van der Waals surface area contributed by atoms with Gasteiger partial charge in [0.25, 0.3) is 0 Å². The molecule has 0 aliphatic rings. The summed E-state index contributed by atoms with van der Waals surface area (Å²) in [5, 5.41) is 3.38. The largest absolute Gasteiger partial charge is 0.493 e. The molecule has 0 aliphatic carbocycles. The maximum atomic E-state index is 12.3. The Morgan fingerprint density at radius 1 is 1.07 bits per heavy atom. The zero-order chi connectivity index (χ0) is 20.0. The minimum absolute atomic E-state index is 0.138. The molecule has 2 aromatic rings. The molecule has 7 heteroatoms. The first-order valence-corrected chi connectivity index (χ1v) is 8.79.